The number of benzene rings is 3. The molecule has 196 valence electrons. The molecule has 39 heavy (non-hydrogen) atoms. The molecule has 1 atom stereocenters. The normalized spacial score (nSPS) is 16.2. The van der Waals surface area contributed by atoms with Gasteiger partial charge >= 0.3 is 5.97 Å². The van der Waals surface area contributed by atoms with Crippen molar-refractivity contribution in [3.8, 4) is 5.75 Å². The van der Waals surface area contributed by atoms with Crippen LogP contribution < -0.4 is 19.6 Å². The molecule has 1 aromatic heterocycles. The molecule has 1 aliphatic carbocycles. The average Bonchev–Trinajstić information content (AvgIpc) is 3.25. The van der Waals surface area contributed by atoms with E-state index in [4.69, 9.17) is 32.9 Å². The minimum Gasteiger partial charge on any atom is -0.482 e. The Labute approximate surface area is 238 Å². The number of thiazole rings is 1. The minimum absolute atomic E-state index is 0.152. The first-order valence-electron chi connectivity index (χ1n) is 12.3. The highest BCUT2D eigenvalue weighted by atomic mass is 35.5. The zero-order valence-electron chi connectivity index (χ0n) is 20.8. The quantitative estimate of drug-likeness (QED) is 0.307. The maximum atomic E-state index is 13.9. The molecule has 6 rings (SSSR count). The highest BCUT2D eigenvalue weighted by molar-refractivity contribution is 7.07. The largest absolute Gasteiger partial charge is 0.482 e. The smallest absolute Gasteiger partial charge is 0.343 e. The van der Waals surface area contributed by atoms with Crippen molar-refractivity contribution in [2.45, 2.75) is 18.9 Å². The summed E-state index contributed by atoms with van der Waals surface area (Å²) in [5.41, 5.74) is 5.72. The van der Waals surface area contributed by atoms with Crippen LogP contribution in [0.5, 0.6) is 5.75 Å². The van der Waals surface area contributed by atoms with Crippen LogP contribution in [0.15, 0.2) is 82.1 Å². The Morgan fingerprint density at radius 3 is 2.77 bits per heavy atom. The van der Waals surface area contributed by atoms with Crippen LogP contribution in [0.25, 0.3) is 11.8 Å². The lowest BCUT2D eigenvalue weighted by Gasteiger charge is -2.31. The van der Waals surface area contributed by atoms with Crippen molar-refractivity contribution >= 4 is 52.3 Å². The molecule has 3 aromatic carbocycles. The second-order valence-corrected chi connectivity index (χ2v) is 11.1. The fourth-order valence-corrected chi connectivity index (χ4v) is 6.58. The molecule has 0 saturated carbocycles. The van der Waals surface area contributed by atoms with E-state index in [1.807, 2.05) is 30.3 Å². The fourth-order valence-electron chi connectivity index (χ4n) is 5.07. The summed E-state index contributed by atoms with van der Waals surface area (Å²) < 4.78 is 12.4. The highest BCUT2D eigenvalue weighted by Crippen LogP contribution is 2.43. The Kier molecular flexibility index (Phi) is 6.89. The minimum atomic E-state index is -0.472. The molecule has 0 N–H and O–H groups in total. The number of nitrogens with zero attached hydrogens (tertiary/aromatic N) is 2. The Balaban J connectivity index is 1.52. The van der Waals surface area contributed by atoms with Crippen LogP contribution in [0, 0.1) is 0 Å². The number of hydrogen-bond donors (Lipinski definition) is 0. The number of methoxy groups -OCH3 is 1. The van der Waals surface area contributed by atoms with E-state index < -0.39 is 12.0 Å². The highest BCUT2D eigenvalue weighted by Gasteiger charge is 2.33. The van der Waals surface area contributed by atoms with Gasteiger partial charge in [-0.25, -0.2) is 9.79 Å². The molecule has 0 bridgehead atoms. The van der Waals surface area contributed by atoms with Gasteiger partial charge in [-0.3, -0.25) is 9.36 Å². The molecule has 0 fully saturated rings. The van der Waals surface area contributed by atoms with Crippen LogP contribution in [-0.4, -0.2) is 24.3 Å². The Morgan fingerprint density at radius 2 is 1.95 bits per heavy atom. The van der Waals surface area contributed by atoms with Gasteiger partial charge in [0, 0.05) is 15.6 Å². The van der Waals surface area contributed by atoms with Gasteiger partial charge in [-0.05, 0) is 65.4 Å². The summed E-state index contributed by atoms with van der Waals surface area (Å²) in [5.74, 6) is 0.0277. The monoisotopic (exact) mass is 576 g/mol. The van der Waals surface area contributed by atoms with E-state index in [0.29, 0.717) is 25.1 Å². The van der Waals surface area contributed by atoms with Gasteiger partial charge in [0.15, 0.2) is 11.4 Å². The fraction of sp³-hybridized carbons (Fsp3) is 0.167. The van der Waals surface area contributed by atoms with E-state index in [1.165, 1.54) is 24.0 Å². The number of ether oxygens (including phenoxy) is 2. The van der Waals surface area contributed by atoms with Crippen LogP contribution in [0.3, 0.4) is 0 Å². The number of carbonyl (C=O) groups is 1. The molecule has 1 unspecified atom stereocenters. The van der Waals surface area contributed by atoms with Crippen molar-refractivity contribution < 1.29 is 14.3 Å². The second-order valence-electron chi connectivity index (χ2n) is 9.22. The number of hydrogen-bond acceptors (Lipinski definition) is 6. The number of rotatable bonds is 5. The van der Waals surface area contributed by atoms with E-state index in [9.17, 15) is 9.59 Å². The van der Waals surface area contributed by atoms with Crippen molar-refractivity contribution in [3.63, 3.8) is 0 Å². The number of allylic oxidation sites excluding steroid dienone is 1. The number of aromatic nitrogens is 1. The van der Waals surface area contributed by atoms with Gasteiger partial charge in [0.1, 0.15) is 5.75 Å². The molecule has 0 amide bonds. The van der Waals surface area contributed by atoms with Crippen LogP contribution >= 0.6 is 34.5 Å². The van der Waals surface area contributed by atoms with Crippen LogP contribution in [0.2, 0.25) is 10.0 Å². The molecule has 2 aliphatic rings. The van der Waals surface area contributed by atoms with Gasteiger partial charge < -0.3 is 9.47 Å². The lowest BCUT2D eigenvalue weighted by Crippen LogP contribution is -2.38. The average molecular weight is 577 g/mol. The number of carbonyl (C=O) groups excluding carboxylic acids is 1. The van der Waals surface area contributed by atoms with Gasteiger partial charge in [-0.15, -0.1) is 0 Å². The SMILES string of the molecule is COC(=O)COc1cccc(C=c2sc3n(c2=O)C(c2ccc(Cl)cc2Cl)C2=C(N=3)c3ccccc3CC2)c1. The van der Waals surface area contributed by atoms with Gasteiger partial charge in [0.25, 0.3) is 5.56 Å². The van der Waals surface area contributed by atoms with Crippen molar-refractivity contribution in [2.24, 2.45) is 4.99 Å². The summed E-state index contributed by atoms with van der Waals surface area (Å²) in [4.78, 5) is 31.0. The summed E-state index contributed by atoms with van der Waals surface area (Å²) in [7, 11) is 1.31. The van der Waals surface area contributed by atoms with Crippen LogP contribution in [-0.2, 0) is 16.0 Å². The summed E-state index contributed by atoms with van der Waals surface area (Å²) in [6, 6.07) is 20.5. The third-order valence-electron chi connectivity index (χ3n) is 6.87. The molecule has 0 spiro atoms. The molecule has 1 aliphatic heterocycles. The first-order valence-corrected chi connectivity index (χ1v) is 13.9. The molecule has 0 saturated heterocycles. The zero-order valence-corrected chi connectivity index (χ0v) is 23.1. The molecule has 6 nitrogen and oxygen atoms in total. The zero-order chi connectivity index (χ0) is 27.1. The maximum Gasteiger partial charge on any atom is 0.343 e. The number of fused-ring (bicyclic) bond motifs is 3. The van der Waals surface area contributed by atoms with Gasteiger partial charge in [0.2, 0.25) is 0 Å². The summed E-state index contributed by atoms with van der Waals surface area (Å²) >= 11 is 14.3. The van der Waals surface area contributed by atoms with E-state index in [1.54, 1.807) is 34.9 Å². The van der Waals surface area contributed by atoms with E-state index in [-0.39, 0.29) is 12.2 Å². The van der Waals surface area contributed by atoms with Gasteiger partial charge in [0.05, 0.1) is 23.4 Å². The van der Waals surface area contributed by atoms with E-state index in [2.05, 4.69) is 16.9 Å². The second kappa shape index (κ2) is 10.5. The van der Waals surface area contributed by atoms with E-state index >= 15 is 0 Å². The Morgan fingerprint density at radius 1 is 1.10 bits per heavy atom. The van der Waals surface area contributed by atoms with Gasteiger partial charge in [-0.2, -0.15) is 0 Å². The molecular formula is C30H22Cl2N2O4S. The van der Waals surface area contributed by atoms with Crippen molar-refractivity contribution in [1.82, 2.24) is 4.57 Å². The standard InChI is InChI=1S/C30H22Cl2N2O4S/c1-37-26(35)16-38-20-7-4-5-17(13-20)14-25-29(36)34-28(22-12-10-19(31)15-24(22)32)23-11-9-18-6-2-3-8-21(18)27(23)33-30(34)39-25/h2-8,10,12-15,28H,9,11,16H2,1H3. The van der Waals surface area contributed by atoms with Crippen molar-refractivity contribution in [3.05, 3.63) is 124 Å². The third kappa shape index (κ3) is 4.82. The summed E-state index contributed by atoms with van der Waals surface area (Å²) in [6.07, 6.45) is 3.43. The lowest BCUT2D eigenvalue weighted by atomic mass is 9.83. The predicted octanol–water partition coefficient (Wildman–Crippen LogP) is 5.18. The van der Waals surface area contributed by atoms with Gasteiger partial charge in [-0.1, -0.05) is 77.0 Å². The maximum absolute atomic E-state index is 13.9. The van der Waals surface area contributed by atoms with Crippen LogP contribution in [0.4, 0.5) is 0 Å². The Bertz CT molecular complexity index is 1840. The van der Waals surface area contributed by atoms with Crippen molar-refractivity contribution in [1.29, 1.82) is 0 Å². The third-order valence-corrected chi connectivity index (χ3v) is 8.42. The molecular weight excluding hydrogens is 555 g/mol. The first-order chi connectivity index (χ1) is 18.9. The number of aryl methyl sites for hydroxylation is 1. The Hall–Kier alpha value is -3.65. The molecule has 4 aromatic rings. The molecule has 0 radical (unpaired) electrons. The number of esters is 1. The van der Waals surface area contributed by atoms with E-state index in [0.717, 1.165) is 40.8 Å². The summed E-state index contributed by atoms with van der Waals surface area (Å²) in [5, 5.41) is 1.04. The molecule has 9 heteroatoms. The topological polar surface area (TPSA) is 69.9 Å². The molecule has 2 heterocycles. The van der Waals surface area contributed by atoms with Crippen molar-refractivity contribution in [2.75, 3.05) is 13.7 Å². The first kappa shape index (κ1) is 25.6. The lowest BCUT2D eigenvalue weighted by molar-refractivity contribution is -0.142. The predicted molar refractivity (Wildman–Crippen MR) is 153 cm³/mol. The summed E-state index contributed by atoms with van der Waals surface area (Å²) in [6.45, 7) is -0.197. The number of halogens is 2. The van der Waals surface area contributed by atoms with Crippen LogP contribution in [0.1, 0.15) is 34.7 Å².